The first-order valence-corrected chi connectivity index (χ1v) is 4.63. The van der Waals surface area contributed by atoms with Gasteiger partial charge in [-0.1, -0.05) is 6.42 Å². The predicted molar refractivity (Wildman–Crippen MR) is 49.0 cm³/mol. The summed E-state index contributed by atoms with van der Waals surface area (Å²) in [6, 6.07) is 0.425. The lowest BCUT2D eigenvalue weighted by molar-refractivity contribution is -0.129. The quantitative estimate of drug-likeness (QED) is 0.658. The van der Waals surface area contributed by atoms with Gasteiger partial charge in [-0.15, -0.1) is 0 Å². The summed E-state index contributed by atoms with van der Waals surface area (Å²) in [5.41, 5.74) is 0. The molecular formula is C9H18N2O. The van der Waals surface area contributed by atoms with E-state index in [9.17, 15) is 4.79 Å². The largest absolute Gasteiger partial charge is 0.349 e. The van der Waals surface area contributed by atoms with Gasteiger partial charge in [-0.3, -0.25) is 4.79 Å². The number of rotatable bonds is 2. The molecular weight excluding hydrogens is 152 g/mol. The van der Waals surface area contributed by atoms with Crippen LogP contribution in [0.3, 0.4) is 0 Å². The van der Waals surface area contributed by atoms with Gasteiger partial charge in [-0.05, 0) is 19.4 Å². The molecule has 1 fully saturated rings. The standard InChI is InChI=1S/C9H18N2O/c1-11(2)9(12)7-8-5-3-4-6-10-8/h8,10H,3-7H2,1-2H3. The normalized spacial score (nSPS) is 23.7. The van der Waals surface area contributed by atoms with Crippen molar-refractivity contribution in [1.29, 1.82) is 0 Å². The molecule has 3 nitrogen and oxygen atoms in total. The van der Waals surface area contributed by atoms with Crippen LogP contribution < -0.4 is 5.32 Å². The summed E-state index contributed by atoms with van der Waals surface area (Å²) in [4.78, 5) is 13.0. The molecule has 1 atom stereocenters. The lowest BCUT2D eigenvalue weighted by Gasteiger charge is -2.24. The Balaban J connectivity index is 2.24. The van der Waals surface area contributed by atoms with Gasteiger partial charge in [0.1, 0.15) is 0 Å². The highest BCUT2D eigenvalue weighted by Gasteiger charge is 2.16. The molecule has 1 amide bonds. The molecule has 12 heavy (non-hydrogen) atoms. The molecule has 0 aromatic heterocycles. The Morgan fingerprint density at radius 2 is 2.25 bits per heavy atom. The molecule has 1 saturated heterocycles. The molecule has 1 heterocycles. The summed E-state index contributed by atoms with van der Waals surface area (Å²) < 4.78 is 0. The van der Waals surface area contributed by atoms with E-state index in [1.807, 2.05) is 14.1 Å². The third-order valence-corrected chi connectivity index (χ3v) is 2.33. The molecule has 0 aliphatic carbocycles. The van der Waals surface area contributed by atoms with Crippen LogP contribution in [-0.2, 0) is 4.79 Å². The Morgan fingerprint density at radius 3 is 2.75 bits per heavy atom. The summed E-state index contributed by atoms with van der Waals surface area (Å²) in [7, 11) is 3.62. The fourth-order valence-electron chi connectivity index (χ4n) is 1.49. The third-order valence-electron chi connectivity index (χ3n) is 2.33. The minimum Gasteiger partial charge on any atom is -0.349 e. The first kappa shape index (κ1) is 9.52. The van der Waals surface area contributed by atoms with Gasteiger partial charge >= 0.3 is 0 Å². The number of piperidine rings is 1. The molecule has 3 heteroatoms. The van der Waals surface area contributed by atoms with Gasteiger partial charge in [0.25, 0.3) is 0 Å². The summed E-state index contributed by atoms with van der Waals surface area (Å²) in [6.45, 7) is 1.07. The van der Waals surface area contributed by atoms with Gasteiger partial charge < -0.3 is 10.2 Å². The number of hydrogen-bond acceptors (Lipinski definition) is 2. The van der Waals surface area contributed by atoms with E-state index in [0.717, 1.165) is 13.0 Å². The summed E-state index contributed by atoms with van der Waals surface area (Å²) >= 11 is 0. The molecule has 0 radical (unpaired) electrons. The molecule has 1 unspecified atom stereocenters. The fraction of sp³-hybridized carbons (Fsp3) is 0.889. The van der Waals surface area contributed by atoms with Crippen molar-refractivity contribution in [2.75, 3.05) is 20.6 Å². The van der Waals surface area contributed by atoms with Crippen LogP contribution in [0.4, 0.5) is 0 Å². The summed E-state index contributed by atoms with van der Waals surface area (Å²) in [5, 5.41) is 3.36. The number of nitrogens with one attached hydrogen (secondary N) is 1. The van der Waals surface area contributed by atoms with Crippen molar-refractivity contribution in [3.63, 3.8) is 0 Å². The van der Waals surface area contributed by atoms with Crippen molar-refractivity contribution < 1.29 is 4.79 Å². The van der Waals surface area contributed by atoms with E-state index >= 15 is 0 Å². The van der Waals surface area contributed by atoms with Crippen molar-refractivity contribution in [3.05, 3.63) is 0 Å². The van der Waals surface area contributed by atoms with E-state index in [1.54, 1.807) is 4.90 Å². The highest BCUT2D eigenvalue weighted by molar-refractivity contribution is 5.76. The van der Waals surface area contributed by atoms with Crippen LogP contribution in [0, 0.1) is 0 Å². The van der Waals surface area contributed by atoms with E-state index in [4.69, 9.17) is 0 Å². The highest BCUT2D eigenvalue weighted by atomic mass is 16.2. The van der Waals surface area contributed by atoms with Gasteiger partial charge in [0.15, 0.2) is 0 Å². The van der Waals surface area contributed by atoms with Crippen molar-refractivity contribution in [3.8, 4) is 0 Å². The van der Waals surface area contributed by atoms with Crippen molar-refractivity contribution in [2.45, 2.75) is 31.7 Å². The second-order valence-electron chi connectivity index (χ2n) is 3.64. The molecule has 0 aromatic rings. The lowest BCUT2D eigenvalue weighted by Crippen LogP contribution is -2.38. The van der Waals surface area contributed by atoms with Gasteiger partial charge in [-0.2, -0.15) is 0 Å². The highest BCUT2D eigenvalue weighted by Crippen LogP contribution is 2.10. The summed E-state index contributed by atoms with van der Waals surface area (Å²) in [5.74, 6) is 0.231. The topological polar surface area (TPSA) is 32.3 Å². The van der Waals surface area contributed by atoms with Crippen LogP contribution in [0.25, 0.3) is 0 Å². The van der Waals surface area contributed by atoms with Gasteiger partial charge in [0.2, 0.25) is 5.91 Å². The molecule has 0 bridgehead atoms. The molecule has 0 aromatic carbocycles. The average molecular weight is 170 g/mol. The Morgan fingerprint density at radius 1 is 1.50 bits per heavy atom. The number of hydrogen-bond donors (Lipinski definition) is 1. The maximum Gasteiger partial charge on any atom is 0.223 e. The maximum absolute atomic E-state index is 11.3. The van der Waals surface area contributed by atoms with Crippen LogP contribution in [0.15, 0.2) is 0 Å². The van der Waals surface area contributed by atoms with Crippen molar-refractivity contribution >= 4 is 5.91 Å². The Hall–Kier alpha value is -0.570. The van der Waals surface area contributed by atoms with Gasteiger partial charge in [0.05, 0.1) is 0 Å². The van der Waals surface area contributed by atoms with E-state index in [1.165, 1.54) is 12.8 Å². The molecule has 1 rings (SSSR count). The second-order valence-corrected chi connectivity index (χ2v) is 3.64. The van der Waals surface area contributed by atoms with Gasteiger partial charge in [-0.25, -0.2) is 0 Å². The first-order valence-electron chi connectivity index (χ1n) is 4.63. The number of carbonyl (C=O) groups is 1. The average Bonchev–Trinajstić information content (AvgIpc) is 2.06. The smallest absolute Gasteiger partial charge is 0.223 e. The molecule has 1 aliphatic heterocycles. The maximum atomic E-state index is 11.3. The van der Waals surface area contributed by atoms with Crippen LogP contribution in [0.5, 0.6) is 0 Å². The summed E-state index contributed by atoms with van der Waals surface area (Å²) in [6.07, 6.45) is 4.33. The van der Waals surface area contributed by atoms with E-state index in [2.05, 4.69) is 5.32 Å². The number of carbonyl (C=O) groups excluding carboxylic acids is 1. The van der Waals surface area contributed by atoms with Gasteiger partial charge in [0, 0.05) is 26.6 Å². The fourth-order valence-corrected chi connectivity index (χ4v) is 1.49. The predicted octanol–water partition coefficient (Wildman–Crippen LogP) is 0.607. The molecule has 1 N–H and O–H groups in total. The molecule has 1 aliphatic rings. The monoisotopic (exact) mass is 170 g/mol. The van der Waals surface area contributed by atoms with E-state index < -0.39 is 0 Å². The molecule has 0 spiro atoms. The Bertz CT molecular complexity index is 151. The Labute approximate surface area is 74.1 Å². The van der Waals surface area contributed by atoms with Crippen molar-refractivity contribution in [1.82, 2.24) is 10.2 Å². The molecule has 0 saturated carbocycles. The van der Waals surface area contributed by atoms with E-state index in [-0.39, 0.29) is 5.91 Å². The minimum atomic E-state index is 0.231. The SMILES string of the molecule is CN(C)C(=O)CC1CCCCN1. The zero-order valence-electron chi connectivity index (χ0n) is 7.97. The Kier molecular flexibility index (Phi) is 3.53. The van der Waals surface area contributed by atoms with Crippen molar-refractivity contribution in [2.24, 2.45) is 0 Å². The van der Waals surface area contributed by atoms with Crippen LogP contribution >= 0.6 is 0 Å². The number of amides is 1. The van der Waals surface area contributed by atoms with E-state index in [0.29, 0.717) is 12.5 Å². The zero-order chi connectivity index (χ0) is 8.97. The molecule has 70 valence electrons. The second kappa shape index (κ2) is 4.45. The zero-order valence-corrected chi connectivity index (χ0v) is 7.97. The first-order chi connectivity index (χ1) is 5.70. The van der Waals surface area contributed by atoms with Crippen LogP contribution in [0.1, 0.15) is 25.7 Å². The van der Waals surface area contributed by atoms with Crippen LogP contribution in [-0.4, -0.2) is 37.5 Å². The minimum absolute atomic E-state index is 0.231. The third kappa shape index (κ3) is 2.81. The number of nitrogens with zero attached hydrogens (tertiary/aromatic N) is 1. The van der Waals surface area contributed by atoms with Crippen LogP contribution in [0.2, 0.25) is 0 Å². The lowest BCUT2D eigenvalue weighted by atomic mass is 10.0.